The van der Waals surface area contributed by atoms with Crippen LogP contribution in [-0.2, 0) is 9.59 Å². The van der Waals surface area contributed by atoms with Crippen molar-refractivity contribution in [1.82, 2.24) is 15.1 Å². The highest BCUT2D eigenvalue weighted by Crippen LogP contribution is 2.43. The Balaban J connectivity index is 1.73. The van der Waals surface area contributed by atoms with Crippen molar-refractivity contribution in [3.63, 3.8) is 0 Å². The Morgan fingerprint density at radius 2 is 1.69 bits per heavy atom. The number of rotatable bonds is 3. The third kappa shape index (κ3) is 3.64. The minimum Gasteiger partial charge on any atom is -0.342 e. The Kier molecular flexibility index (Phi) is 5.40. The van der Waals surface area contributed by atoms with E-state index >= 15 is 0 Å². The number of nitrogens with zero attached hydrogens (tertiary/aromatic N) is 2. The second kappa shape index (κ2) is 7.14. The van der Waals surface area contributed by atoms with Gasteiger partial charge in [-0.25, -0.2) is 0 Å². The first-order valence-electron chi connectivity index (χ1n) is 10.6. The van der Waals surface area contributed by atoms with Crippen molar-refractivity contribution >= 4 is 11.8 Å². The molecule has 26 heavy (non-hydrogen) atoms. The predicted octanol–water partition coefficient (Wildman–Crippen LogP) is 3.29. The predicted molar refractivity (Wildman–Crippen MR) is 104 cm³/mol. The Hall–Kier alpha value is -1.10. The molecule has 0 aromatic carbocycles. The number of carbonyl (C=O) groups excluding carboxylic acids is 2. The molecule has 5 heteroatoms. The van der Waals surface area contributed by atoms with Crippen LogP contribution < -0.4 is 5.32 Å². The third-order valence-corrected chi connectivity index (χ3v) is 6.42. The summed E-state index contributed by atoms with van der Waals surface area (Å²) in [5.41, 5.74) is -0.540. The zero-order chi connectivity index (χ0) is 19.0. The molecule has 0 aromatic rings. The van der Waals surface area contributed by atoms with Crippen LogP contribution in [0.15, 0.2) is 0 Å². The van der Waals surface area contributed by atoms with Crippen LogP contribution in [-0.4, -0.2) is 52.5 Å². The van der Waals surface area contributed by atoms with Gasteiger partial charge in [-0.2, -0.15) is 0 Å². The molecule has 0 unspecified atom stereocenters. The van der Waals surface area contributed by atoms with E-state index in [2.05, 4.69) is 37.9 Å². The van der Waals surface area contributed by atoms with Gasteiger partial charge in [0.15, 0.2) is 0 Å². The van der Waals surface area contributed by atoms with Gasteiger partial charge in [0, 0.05) is 38.9 Å². The minimum absolute atomic E-state index is 0.0220. The molecule has 0 radical (unpaired) electrons. The van der Waals surface area contributed by atoms with Gasteiger partial charge in [0.05, 0.1) is 11.2 Å². The fourth-order valence-electron chi connectivity index (χ4n) is 5.14. The average molecular weight is 364 g/mol. The number of nitrogens with one attached hydrogen (secondary N) is 1. The van der Waals surface area contributed by atoms with Crippen molar-refractivity contribution in [3.8, 4) is 0 Å². The van der Waals surface area contributed by atoms with Crippen LogP contribution in [0.4, 0.5) is 0 Å². The summed E-state index contributed by atoms with van der Waals surface area (Å²) in [4.78, 5) is 30.1. The fraction of sp³-hybridized carbons (Fsp3) is 0.905. The van der Waals surface area contributed by atoms with E-state index in [0.29, 0.717) is 12.3 Å². The lowest BCUT2D eigenvalue weighted by Gasteiger charge is -2.45. The summed E-state index contributed by atoms with van der Waals surface area (Å²) in [7, 11) is 0. The van der Waals surface area contributed by atoms with Gasteiger partial charge in [-0.3, -0.25) is 14.9 Å². The second-order valence-corrected chi connectivity index (χ2v) is 9.87. The molecule has 5 nitrogen and oxygen atoms in total. The van der Waals surface area contributed by atoms with E-state index in [-0.39, 0.29) is 22.5 Å². The van der Waals surface area contributed by atoms with Crippen LogP contribution in [0.25, 0.3) is 0 Å². The molecule has 2 saturated heterocycles. The van der Waals surface area contributed by atoms with Crippen LogP contribution in [0.2, 0.25) is 0 Å². The highest BCUT2D eigenvalue weighted by molar-refractivity contribution is 5.90. The molecule has 2 heterocycles. The molecule has 0 atom stereocenters. The topological polar surface area (TPSA) is 52.7 Å². The van der Waals surface area contributed by atoms with Crippen molar-refractivity contribution in [1.29, 1.82) is 0 Å². The number of piperidine rings is 1. The van der Waals surface area contributed by atoms with E-state index in [4.69, 9.17) is 0 Å². The zero-order valence-electron chi connectivity index (χ0n) is 17.2. The van der Waals surface area contributed by atoms with E-state index in [9.17, 15) is 9.59 Å². The van der Waals surface area contributed by atoms with Crippen LogP contribution in [0.3, 0.4) is 0 Å². The monoisotopic (exact) mass is 363 g/mol. The van der Waals surface area contributed by atoms with Crippen LogP contribution in [0.5, 0.6) is 0 Å². The smallest absolute Gasteiger partial charge is 0.244 e. The summed E-state index contributed by atoms with van der Waals surface area (Å²) in [6.07, 6.45) is 8.77. The first-order valence-corrected chi connectivity index (χ1v) is 10.6. The first-order chi connectivity index (χ1) is 12.2. The van der Waals surface area contributed by atoms with Gasteiger partial charge in [0.25, 0.3) is 0 Å². The van der Waals surface area contributed by atoms with Crippen molar-refractivity contribution in [2.75, 3.05) is 19.6 Å². The number of likely N-dealkylation sites (tertiary alicyclic amines) is 1. The van der Waals surface area contributed by atoms with Crippen molar-refractivity contribution in [2.24, 2.45) is 5.41 Å². The van der Waals surface area contributed by atoms with E-state index in [1.165, 1.54) is 6.42 Å². The molecule has 2 aliphatic heterocycles. The first kappa shape index (κ1) is 19.7. The van der Waals surface area contributed by atoms with Crippen molar-refractivity contribution < 1.29 is 9.59 Å². The Morgan fingerprint density at radius 1 is 1.08 bits per heavy atom. The molecule has 3 aliphatic rings. The van der Waals surface area contributed by atoms with Crippen LogP contribution in [0, 0.1) is 5.41 Å². The lowest BCUT2D eigenvalue weighted by atomic mass is 9.81. The SMILES string of the molecule is CCCN1C(=O)C2(CCCCC2)NC12CCN(C(=O)CC(C)(C)C)CC2. The van der Waals surface area contributed by atoms with Gasteiger partial charge in [-0.1, -0.05) is 47.0 Å². The molecule has 0 aromatic heterocycles. The quantitative estimate of drug-likeness (QED) is 0.837. The molecule has 1 saturated carbocycles. The van der Waals surface area contributed by atoms with E-state index in [0.717, 1.165) is 64.6 Å². The van der Waals surface area contributed by atoms with Gasteiger partial charge in [-0.15, -0.1) is 0 Å². The van der Waals surface area contributed by atoms with Crippen molar-refractivity contribution in [3.05, 3.63) is 0 Å². The average Bonchev–Trinajstić information content (AvgIpc) is 2.77. The van der Waals surface area contributed by atoms with Crippen LogP contribution >= 0.6 is 0 Å². The molecule has 2 spiro atoms. The Bertz CT molecular complexity index is 538. The van der Waals surface area contributed by atoms with Crippen LogP contribution in [0.1, 0.15) is 85.5 Å². The lowest BCUT2D eigenvalue weighted by molar-refractivity contribution is -0.139. The van der Waals surface area contributed by atoms with E-state index in [1.807, 2.05) is 4.90 Å². The summed E-state index contributed by atoms with van der Waals surface area (Å²) in [6.45, 7) is 10.8. The maximum atomic E-state index is 13.3. The van der Waals surface area contributed by atoms with Gasteiger partial charge in [0.2, 0.25) is 11.8 Å². The molecule has 148 valence electrons. The summed E-state index contributed by atoms with van der Waals surface area (Å²) < 4.78 is 0. The summed E-state index contributed by atoms with van der Waals surface area (Å²) >= 11 is 0. The lowest BCUT2D eigenvalue weighted by Crippen LogP contribution is -2.61. The Labute approximate surface area is 158 Å². The maximum Gasteiger partial charge on any atom is 0.244 e. The molecular weight excluding hydrogens is 326 g/mol. The highest BCUT2D eigenvalue weighted by Gasteiger charge is 2.58. The standard InChI is InChI=1S/C21H37N3O2/c1-5-13-24-18(26)20(9-7-6-8-10-20)22-21(24)11-14-23(15-12-21)17(25)16-19(2,3)4/h22H,5-16H2,1-4H3. The normalized spacial score (nSPS) is 25.3. The number of hydrogen-bond donors (Lipinski definition) is 1. The van der Waals surface area contributed by atoms with E-state index in [1.54, 1.807) is 0 Å². The highest BCUT2D eigenvalue weighted by atomic mass is 16.2. The van der Waals surface area contributed by atoms with Gasteiger partial charge in [-0.05, 0) is 24.7 Å². The molecule has 3 fully saturated rings. The van der Waals surface area contributed by atoms with Gasteiger partial charge >= 0.3 is 0 Å². The molecular formula is C21H37N3O2. The van der Waals surface area contributed by atoms with E-state index < -0.39 is 0 Å². The maximum absolute atomic E-state index is 13.3. The number of amides is 2. The van der Waals surface area contributed by atoms with Gasteiger partial charge in [0.1, 0.15) is 0 Å². The van der Waals surface area contributed by atoms with Crippen molar-refractivity contribution in [2.45, 2.75) is 96.7 Å². The molecule has 3 rings (SSSR count). The summed E-state index contributed by atoms with van der Waals surface area (Å²) in [6, 6.07) is 0. The third-order valence-electron chi connectivity index (χ3n) is 6.42. The molecule has 2 amide bonds. The Morgan fingerprint density at radius 3 is 2.23 bits per heavy atom. The number of carbonyl (C=O) groups is 2. The molecule has 1 aliphatic carbocycles. The second-order valence-electron chi connectivity index (χ2n) is 9.87. The summed E-state index contributed by atoms with van der Waals surface area (Å²) in [5, 5.41) is 3.85. The minimum atomic E-state index is -0.328. The largest absolute Gasteiger partial charge is 0.342 e. The zero-order valence-corrected chi connectivity index (χ0v) is 17.2. The molecule has 1 N–H and O–H groups in total. The fourth-order valence-corrected chi connectivity index (χ4v) is 5.14. The summed E-state index contributed by atoms with van der Waals surface area (Å²) in [5.74, 6) is 0.583. The molecule has 0 bridgehead atoms. The number of hydrogen-bond acceptors (Lipinski definition) is 3. The van der Waals surface area contributed by atoms with Gasteiger partial charge < -0.3 is 9.80 Å².